The minimum Gasteiger partial charge on any atom is -0.351 e. The van der Waals surface area contributed by atoms with Crippen molar-refractivity contribution in [1.82, 2.24) is 15.0 Å². The summed E-state index contributed by atoms with van der Waals surface area (Å²) in [4.78, 5) is 28.2. The molecule has 1 saturated heterocycles. The smallest absolute Gasteiger partial charge is 0.292 e. The lowest BCUT2D eigenvalue weighted by atomic mass is 10.0. The summed E-state index contributed by atoms with van der Waals surface area (Å²) >= 11 is 0. The number of aromatic nitrogens is 1. The molecule has 3 rings (SSSR count). The maximum Gasteiger partial charge on any atom is 0.292 e. The van der Waals surface area contributed by atoms with Crippen LogP contribution in [0, 0.1) is 12.8 Å². The fourth-order valence-electron chi connectivity index (χ4n) is 3.56. The molecule has 1 aromatic rings. The van der Waals surface area contributed by atoms with Crippen molar-refractivity contribution >= 4 is 11.8 Å². The summed E-state index contributed by atoms with van der Waals surface area (Å²) < 4.78 is 5.03. The number of amides is 2. The van der Waals surface area contributed by atoms with Crippen LogP contribution in [0.4, 0.5) is 0 Å². The Labute approximate surface area is 136 Å². The maximum absolute atomic E-state index is 12.3. The van der Waals surface area contributed by atoms with E-state index in [2.05, 4.69) is 5.16 Å². The van der Waals surface area contributed by atoms with Crippen LogP contribution in [0.25, 0.3) is 0 Å². The third-order valence-corrected chi connectivity index (χ3v) is 5.00. The highest BCUT2D eigenvalue weighted by Gasteiger charge is 2.27. The summed E-state index contributed by atoms with van der Waals surface area (Å²) in [6.45, 7) is 4.15. The Morgan fingerprint density at radius 2 is 1.83 bits per heavy atom. The molecule has 2 amide bonds. The molecule has 2 fully saturated rings. The number of rotatable bonds is 4. The van der Waals surface area contributed by atoms with Gasteiger partial charge in [-0.05, 0) is 19.3 Å². The van der Waals surface area contributed by atoms with Crippen molar-refractivity contribution in [3.63, 3.8) is 0 Å². The number of carbonyl (C=O) groups excluding carboxylic acids is 2. The van der Waals surface area contributed by atoms with Gasteiger partial charge in [-0.15, -0.1) is 0 Å². The van der Waals surface area contributed by atoms with Gasteiger partial charge < -0.3 is 14.3 Å². The van der Waals surface area contributed by atoms with Crippen LogP contribution < -0.4 is 0 Å². The lowest BCUT2D eigenvalue weighted by molar-refractivity contribution is -0.133. The minimum atomic E-state index is -0.136. The molecule has 0 N–H and O–H groups in total. The molecule has 23 heavy (non-hydrogen) atoms. The van der Waals surface area contributed by atoms with E-state index in [9.17, 15) is 9.59 Å². The van der Waals surface area contributed by atoms with Gasteiger partial charge in [0.25, 0.3) is 5.91 Å². The molecule has 0 aromatic carbocycles. The van der Waals surface area contributed by atoms with Crippen molar-refractivity contribution in [2.24, 2.45) is 5.92 Å². The van der Waals surface area contributed by atoms with Crippen molar-refractivity contribution in [1.29, 1.82) is 0 Å². The molecule has 0 atom stereocenters. The first-order chi connectivity index (χ1) is 11.1. The summed E-state index contributed by atoms with van der Waals surface area (Å²) in [6.07, 6.45) is 6.88. The zero-order valence-corrected chi connectivity index (χ0v) is 13.8. The first-order valence-electron chi connectivity index (χ1n) is 8.64. The molecule has 6 nitrogen and oxygen atoms in total. The summed E-state index contributed by atoms with van der Waals surface area (Å²) in [6, 6.07) is 1.65. The van der Waals surface area contributed by atoms with Gasteiger partial charge in [-0.2, -0.15) is 0 Å². The average Bonchev–Trinajstić information content (AvgIpc) is 3.23. The van der Waals surface area contributed by atoms with E-state index in [0.717, 1.165) is 12.3 Å². The highest BCUT2D eigenvalue weighted by Crippen LogP contribution is 2.28. The zero-order chi connectivity index (χ0) is 16.2. The molecular weight excluding hydrogens is 294 g/mol. The van der Waals surface area contributed by atoms with E-state index >= 15 is 0 Å². The molecule has 2 aliphatic rings. The summed E-state index contributed by atoms with van der Waals surface area (Å²) in [5.41, 5.74) is 0.703. The molecule has 1 aliphatic heterocycles. The Hall–Kier alpha value is -1.85. The van der Waals surface area contributed by atoms with Gasteiger partial charge in [0, 0.05) is 38.7 Å². The zero-order valence-electron chi connectivity index (χ0n) is 13.8. The number of hydrogen-bond acceptors (Lipinski definition) is 4. The topological polar surface area (TPSA) is 66.7 Å². The Bertz CT molecular complexity index is 555. The Kier molecular flexibility index (Phi) is 4.98. The summed E-state index contributed by atoms with van der Waals surface area (Å²) in [5, 5.41) is 3.75. The van der Waals surface area contributed by atoms with Gasteiger partial charge >= 0.3 is 0 Å². The highest BCUT2D eigenvalue weighted by atomic mass is 16.5. The van der Waals surface area contributed by atoms with E-state index in [-0.39, 0.29) is 17.6 Å². The van der Waals surface area contributed by atoms with E-state index in [0.29, 0.717) is 38.3 Å². The largest absolute Gasteiger partial charge is 0.351 e. The predicted molar refractivity (Wildman–Crippen MR) is 84.9 cm³/mol. The first-order valence-corrected chi connectivity index (χ1v) is 8.64. The molecule has 0 spiro atoms. The Morgan fingerprint density at radius 1 is 1.17 bits per heavy atom. The van der Waals surface area contributed by atoms with Crippen LogP contribution in [0.2, 0.25) is 0 Å². The summed E-state index contributed by atoms with van der Waals surface area (Å²) in [7, 11) is 0. The van der Waals surface area contributed by atoms with Gasteiger partial charge in [-0.3, -0.25) is 9.59 Å². The van der Waals surface area contributed by atoms with Gasteiger partial charge in [0.05, 0.1) is 5.69 Å². The van der Waals surface area contributed by atoms with Gasteiger partial charge in [-0.25, -0.2) is 0 Å². The third kappa shape index (κ3) is 3.92. The van der Waals surface area contributed by atoms with Crippen LogP contribution in [0.1, 0.15) is 54.8 Å². The standard InChI is InChI=1S/C17H25N3O3/c1-13-12-15(23-18-13)17(22)20-10-8-19(9-11-20)16(21)7-6-14-4-2-3-5-14/h12,14H,2-11H2,1H3. The number of hydrogen-bond donors (Lipinski definition) is 0. The van der Waals surface area contributed by atoms with Crippen molar-refractivity contribution in [2.75, 3.05) is 26.2 Å². The van der Waals surface area contributed by atoms with Crippen LogP contribution in [0.3, 0.4) is 0 Å². The quantitative estimate of drug-likeness (QED) is 0.853. The van der Waals surface area contributed by atoms with Crippen LogP contribution in [-0.2, 0) is 4.79 Å². The normalized spacial score (nSPS) is 19.3. The van der Waals surface area contributed by atoms with E-state index < -0.39 is 0 Å². The molecule has 0 bridgehead atoms. The molecule has 0 radical (unpaired) electrons. The fraction of sp³-hybridized carbons (Fsp3) is 0.706. The number of piperazine rings is 1. The van der Waals surface area contributed by atoms with Gasteiger partial charge in [0.2, 0.25) is 11.7 Å². The second-order valence-corrected chi connectivity index (χ2v) is 6.69. The van der Waals surface area contributed by atoms with E-state index in [1.165, 1.54) is 25.7 Å². The second kappa shape index (κ2) is 7.15. The monoisotopic (exact) mass is 319 g/mol. The number of aryl methyl sites for hydroxylation is 1. The van der Waals surface area contributed by atoms with Crippen molar-refractivity contribution < 1.29 is 14.1 Å². The van der Waals surface area contributed by atoms with Crippen molar-refractivity contribution in [3.8, 4) is 0 Å². The molecule has 6 heteroatoms. The molecule has 2 heterocycles. The van der Waals surface area contributed by atoms with Gasteiger partial charge in [0.1, 0.15) is 0 Å². The van der Waals surface area contributed by atoms with Crippen LogP contribution in [0.5, 0.6) is 0 Å². The number of carbonyl (C=O) groups is 2. The molecular formula is C17H25N3O3. The van der Waals surface area contributed by atoms with Crippen LogP contribution in [-0.4, -0.2) is 52.9 Å². The molecule has 0 unspecified atom stereocenters. The van der Waals surface area contributed by atoms with Crippen LogP contribution in [0.15, 0.2) is 10.6 Å². The van der Waals surface area contributed by atoms with Crippen LogP contribution >= 0.6 is 0 Å². The molecule has 1 saturated carbocycles. The van der Waals surface area contributed by atoms with Gasteiger partial charge in [0.15, 0.2) is 0 Å². The van der Waals surface area contributed by atoms with Crippen molar-refractivity contribution in [2.45, 2.75) is 45.4 Å². The average molecular weight is 319 g/mol. The summed E-state index contributed by atoms with van der Waals surface area (Å²) in [5.74, 6) is 1.13. The fourth-order valence-corrected chi connectivity index (χ4v) is 3.56. The van der Waals surface area contributed by atoms with E-state index in [4.69, 9.17) is 4.52 Å². The van der Waals surface area contributed by atoms with Gasteiger partial charge in [-0.1, -0.05) is 30.8 Å². The Morgan fingerprint density at radius 3 is 2.43 bits per heavy atom. The third-order valence-electron chi connectivity index (χ3n) is 5.00. The number of nitrogens with zero attached hydrogens (tertiary/aromatic N) is 3. The SMILES string of the molecule is Cc1cc(C(=O)N2CCN(C(=O)CCC3CCCC3)CC2)on1. The molecule has 1 aromatic heterocycles. The minimum absolute atomic E-state index is 0.136. The maximum atomic E-state index is 12.3. The second-order valence-electron chi connectivity index (χ2n) is 6.69. The van der Waals surface area contributed by atoms with Crippen molar-refractivity contribution in [3.05, 3.63) is 17.5 Å². The van der Waals surface area contributed by atoms with E-state index in [1.54, 1.807) is 17.9 Å². The Balaban J connectivity index is 1.44. The highest BCUT2D eigenvalue weighted by molar-refractivity contribution is 5.91. The molecule has 1 aliphatic carbocycles. The molecule has 126 valence electrons. The van der Waals surface area contributed by atoms with E-state index in [1.807, 2.05) is 4.90 Å². The lowest BCUT2D eigenvalue weighted by Gasteiger charge is -2.34. The first kappa shape index (κ1) is 16.0. The predicted octanol–water partition coefficient (Wildman–Crippen LogP) is 2.24. The lowest BCUT2D eigenvalue weighted by Crippen LogP contribution is -2.50.